The van der Waals surface area contributed by atoms with E-state index in [2.05, 4.69) is 44.3 Å². The highest BCUT2D eigenvalue weighted by Gasteiger charge is 2.13. The Morgan fingerprint density at radius 1 is 1.17 bits per heavy atom. The highest BCUT2D eigenvalue weighted by molar-refractivity contribution is 9.11. The Balaban J connectivity index is 1.55. The predicted octanol–water partition coefficient (Wildman–Crippen LogP) is 4.44. The van der Waals surface area contributed by atoms with Crippen LogP contribution in [-0.4, -0.2) is 23.9 Å². The van der Waals surface area contributed by atoms with Gasteiger partial charge in [0.15, 0.2) is 0 Å². The van der Waals surface area contributed by atoms with Crippen LogP contribution in [0.3, 0.4) is 0 Å². The normalized spacial score (nSPS) is 15.2. The van der Waals surface area contributed by atoms with Gasteiger partial charge in [-0.05, 0) is 71.2 Å². The molecule has 0 aliphatic carbocycles. The first-order valence-corrected chi connectivity index (χ1v) is 9.82. The summed E-state index contributed by atoms with van der Waals surface area (Å²) in [6, 6.07) is 12.4. The molecule has 1 N–H and O–H groups in total. The van der Waals surface area contributed by atoms with E-state index in [1.165, 1.54) is 37.1 Å². The lowest BCUT2D eigenvalue weighted by Gasteiger charge is -2.17. The number of likely N-dealkylation sites (tertiary alicyclic amines) is 1. The molecule has 0 saturated carbocycles. The van der Waals surface area contributed by atoms with Crippen molar-refractivity contribution in [3.05, 3.63) is 62.3 Å². The van der Waals surface area contributed by atoms with E-state index in [1.54, 1.807) is 17.4 Å². The number of amides is 1. The summed E-state index contributed by atoms with van der Waals surface area (Å²) < 4.78 is 1.07. The maximum atomic E-state index is 12.0. The molecule has 126 valence electrons. The maximum absolute atomic E-state index is 12.0. The summed E-state index contributed by atoms with van der Waals surface area (Å²) in [5.74, 6) is -0.0597. The number of hydrogen-bond acceptors (Lipinski definition) is 3. The average molecular weight is 405 g/mol. The van der Waals surface area contributed by atoms with Gasteiger partial charge in [-0.2, -0.15) is 0 Å². The molecule has 1 aliphatic rings. The second-order valence-corrected chi connectivity index (χ2v) is 8.44. The van der Waals surface area contributed by atoms with Crippen molar-refractivity contribution < 1.29 is 4.79 Å². The number of rotatable bonds is 6. The van der Waals surface area contributed by atoms with Gasteiger partial charge in [-0.15, -0.1) is 11.3 Å². The molecule has 1 fully saturated rings. The summed E-state index contributed by atoms with van der Waals surface area (Å²) >= 11 is 5.03. The average Bonchev–Trinajstić information content (AvgIpc) is 3.24. The number of benzene rings is 1. The smallest absolute Gasteiger partial charge is 0.244 e. The van der Waals surface area contributed by atoms with Crippen molar-refractivity contribution in [2.24, 2.45) is 0 Å². The van der Waals surface area contributed by atoms with E-state index in [4.69, 9.17) is 0 Å². The van der Waals surface area contributed by atoms with Gasteiger partial charge in [0, 0.05) is 24.0 Å². The number of carbonyl (C=O) groups excluding carboxylic acids is 1. The summed E-state index contributed by atoms with van der Waals surface area (Å²) in [6.07, 6.45) is 6.04. The summed E-state index contributed by atoms with van der Waals surface area (Å²) in [7, 11) is 0. The largest absolute Gasteiger partial charge is 0.348 e. The minimum Gasteiger partial charge on any atom is -0.348 e. The molecule has 2 aromatic rings. The Labute approximate surface area is 155 Å². The highest BCUT2D eigenvalue weighted by atomic mass is 79.9. The number of nitrogens with one attached hydrogen (secondary N) is 1. The first kappa shape index (κ1) is 17.4. The van der Waals surface area contributed by atoms with Crippen molar-refractivity contribution in [2.75, 3.05) is 13.1 Å². The van der Waals surface area contributed by atoms with Crippen LogP contribution in [0.1, 0.15) is 28.8 Å². The molecule has 24 heavy (non-hydrogen) atoms. The van der Waals surface area contributed by atoms with E-state index in [-0.39, 0.29) is 5.91 Å². The number of hydrogen-bond donors (Lipinski definition) is 1. The van der Waals surface area contributed by atoms with Gasteiger partial charge in [0.2, 0.25) is 5.91 Å². The van der Waals surface area contributed by atoms with Gasteiger partial charge in [-0.1, -0.05) is 24.3 Å². The van der Waals surface area contributed by atoms with Gasteiger partial charge in [0.1, 0.15) is 0 Å². The van der Waals surface area contributed by atoms with E-state index in [1.807, 2.05) is 24.3 Å². The van der Waals surface area contributed by atoms with Gasteiger partial charge in [-0.25, -0.2) is 0 Å². The number of carbonyl (C=O) groups is 1. The predicted molar refractivity (Wildman–Crippen MR) is 104 cm³/mol. The molecule has 3 rings (SSSR count). The molecule has 0 unspecified atom stereocenters. The van der Waals surface area contributed by atoms with Crippen molar-refractivity contribution >= 4 is 39.2 Å². The first-order chi connectivity index (χ1) is 11.7. The maximum Gasteiger partial charge on any atom is 0.244 e. The Bertz CT molecular complexity index is 720. The van der Waals surface area contributed by atoms with Crippen LogP contribution in [0.2, 0.25) is 0 Å². The molecule has 1 aromatic heterocycles. The third-order valence-corrected chi connectivity index (χ3v) is 5.75. The van der Waals surface area contributed by atoms with Crippen molar-refractivity contribution in [1.82, 2.24) is 10.2 Å². The first-order valence-electron chi connectivity index (χ1n) is 8.21. The Morgan fingerprint density at radius 3 is 2.62 bits per heavy atom. The second-order valence-electron chi connectivity index (χ2n) is 5.94. The zero-order valence-corrected chi connectivity index (χ0v) is 15.9. The summed E-state index contributed by atoms with van der Waals surface area (Å²) in [5, 5.41) is 2.99. The monoisotopic (exact) mass is 404 g/mol. The fraction of sp³-hybridized carbons (Fsp3) is 0.316. The molecule has 1 aromatic carbocycles. The van der Waals surface area contributed by atoms with Crippen LogP contribution in [0.5, 0.6) is 0 Å². The fourth-order valence-corrected chi connectivity index (χ4v) is 4.21. The molecule has 0 spiro atoms. The van der Waals surface area contributed by atoms with Crippen molar-refractivity contribution in [3.8, 4) is 0 Å². The van der Waals surface area contributed by atoms with E-state index in [0.717, 1.165) is 15.2 Å². The van der Waals surface area contributed by atoms with Crippen LogP contribution >= 0.6 is 27.3 Å². The van der Waals surface area contributed by atoms with Crippen LogP contribution in [0.25, 0.3) is 6.08 Å². The molecular formula is C19H21BrN2OS. The molecule has 0 bridgehead atoms. The van der Waals surface area contributed by atoms with E-state index >= 15 is 0 Å². The molecular weight excluding hydrogens is 384 g/mol. The number of nitrogens with zero attached hydrogens (tertiary/aromatic N) is 1. The standard InChI is InChI=1S/C19H21BrN2OS/c20-18-9-7-17(24-18)8-10-19(23)21-13-15-5-1-2-6-16(15)14-22-11-3-4-12-22/h1-2,5-10H,3-4,11-14H2,(H,21,23)/b10-8+. The van der Waals surface area contributed by atoms with Gasteiger partial charge >= 0.3 is 0 Å². The molecule has 3 nitrogen and oxygen atoms in total. The van der Waals surface area contributed by atoms with Crippen LogP contribution in [0.15, 0.2) is 46.3 Å². The second kappa shape index (κ2) is 8.60. The van der Waals surface area contributed by atoms with Crippen LogP contribution in [-0.2, 0) is 17.9 Å². The molecule has 5 heteroatoms. The minimum atomic E-state index is -0.0597. The van der Waals surface area contributed by atoms with Crippen molar-refractivity contribution in [2.45, 2.75) is 25.9 Å². The molecule has 0 atom stereocenters. The lowest BCUT2D eigenvalue weighted by atomic mass is 10.1. The Kier molecular flexibility index (Phi) is 6.24. The van der Waals surface area contributed by atoms with Gasteiger partial charge in [0.25, 0.3) is 0 Å². The Hall–Kier alpha value is -1.43. The van der Waals surface area contributed by atoms with Gasteiger partial charge in [-0.3, -0.25) is 9.69 Å². The zero-order valence-electron chi connectivity index (χ0n) is 13.5. The lowest BCUT2D eigenvalue weighted by Crippen LogP contribution is -2.23. The van der Waals surface area contributed by atoms with E-state index < -0.39 is 0 Å². The third-order valence-electron chi connectivity index (χ3n) is 4.16. The highest BCUT2D eigenvalue weighted by Crippen LogP contribution is 2.23. The summed E-state index contributed by atoms with van der Waals surface area (Å²) in [6.45, 7) is 3.91. The van der Waals surface area contributed by atoms with Gasteiger partial charge in [0.05, 0.1) is 3.79 Å². The molecule has 0 radical (unpaired) electrons. The van der Waals surface area contributed by atoms with E-state index in [0.29, 0.717) is 6.54 Å². The zero-order chi connectivity index (χ0) is 16.8. The molecule has 1 aliphatic heterocycles. The van der Waals surface area contributed by atoms with Crippen molar-refractivity contribution in [1.29, 1.82) is 0 Å². The minimum absolute atomic E-state index is 0.0597. The van der Waals surface area contributed by atoms with Crippen LogP contribution in [0, 0.1) is 0 Å². The van der Waals surface area contributed by atoms with Crippen LogP contribution in [0.4, 0.5) is 0 Å². The lowest BCUT2D eigenvalue weighted by molar-refractivity contribution is -0.116. The molecule has 1 saturated heterocycles. The van der Waals surface area contributed by atoms with Crippen LogP contribution < -0.4 is 5.32 Å². The number of halogens is 1. The Morgan fingerprint density at radius 2 is 1.92 bits per heavy atom. The fourth-order valence-electron chi connectivity index (χ4n) is 2.88. The number of thiophene rings is 1. The summed E-state index contributed by atoms with van der Waals surface area (Å²) in [5.41, 5.74) is 2.51. The quantitative estimate of drug-likeness (QED) is 0.721. The molecule has 1 amide bonds. The van der Waals surface area contributed by atoms with Gasteiger partial charge < -0.3 is 5.32 Å². The summed E-state index contributed by atoms with van der Waals surface area (Å²) in [4.78, 5) is 15.6. The topological polar surface area (TPSA) is 32.3 Å². The third kappa shape index (κ3) is 5.03. The molecule has 2 heterocycles. The SMILES string of the molecule is O=C(/C=C/c1ccc(Br)s1)NCc1ccccc1CN1CCCC1. The van der Waals surface area contributed by atoms with E-state index in [9.17, 15) is 4.79 Å². The van der Waals surface area contributed by atoms with Crippen molar-refractivity contribution in [3.63, 3.8) is 0 Å².